The minimum Gasteiger partial charge on any atom is -0.392 e. The zero-order chi connectivity index (χ0) is 9.84. The van der Waals surface area contributed by atoms with E-state index >= 15 is 0 Å². The van der Waals surface area contributed by atoms with Gasteiger partial charge >= 0.3 is 0 Å². The lowest BCUT2D eigenvalue weighted by Gasteiger charge is -2.33. The van der Waals surface area contributed by atoms with Crippen LogP contribution in [0.5, 0.6) is 0 Å². The molecule has 1 aliphatic rings. The number of aliphatic hydroxyl groups excluding tert-OH is 1. The SMILES string of the molecule is CNC(=O)C(C)N1CCC[C@H](O)C1. The number of hydrogen-bond donors (Lipinski definition) is 2. The molecule has 1 heterocycles. The van der Waals surface area contributed by atoms with Gasteiger partial charge in [0, 0.05) is 13.6 Å². The molecule has 0 aromatic heterocycles. The molecule has 4 nitrogen and oxygen atoms in total. The van der Waals surface area contributed by atoms with Crippen LogP contribution in [-0.2, 0) is 4.79 Å². The van der Waals surface area contributed by atoms with Crippen LogP contribution in [0.4, 0.5) is 0 Å². The number of nitrogens with one attached hydrogen (secondary N) is 1. The van der Waals surface area contributed by atoms with Gasteiger partial charge in [0.25, 0.3) is 0 Å². The molecule has 0 radical (unpaired) electrons. The first-order chi connectivity index (χ1) is 6.15. The zero-order valence-corrected chi connectivity index (χ0v) is 8.29. The Balaban J connectivity index is 2.45. The van der Waals surface area contributed by atoms with Gasteiger partial charge < -0.3 is 10.4 Å². The number of aliphatic hydroxyl groups is 1. The van der Waals surface area contributed by atoms with Gasteiger partial charge in [-0.25, -0.2) is 0 Å². The van der Waals surface area contributed by atoms with Crippen LogP contribution >= 0.6 is 0 Å². The fraction of sp³-hybridized carbons (Fsp3) is 0.889. The van der Waals surface area contributed by atoms with Crippen LogP contribution in [0.2, 0.25) is 0 Å². The molecule has 1 rings (SSSR count). The molecule has 2 N–H and O–H groups in total. The van der Waals surface area contributed by atoms with Crippen LogP contribution in [-0.4, -0.2) is 48.2 Å². The van der Waals surface area contributed by atoms with Gasteiger partial charge in [-0.15, -0.1) is 0 Å². The van der Waals surface area contributed by atoms with Crippen LogP contribution in [0.15, 0.2) is 0 Å². The molecule has 0 aromatic carbocycles. The molecule has 13 heavy (non-hydrogen) atoms. The summed E-state index contributed by atoms with van der Waals surface area (Å²) in [5.74, 6) is 0.0223. The predicted molar refractivity (Wildman–Crippen MR) is 50.3 cm³/mol. The highest BCUT2D eigenvalue weighted by atomic mass is 16.3. The van der Waals surface area contributed by atoms with E-state index in [-0.39, 0.29) is 18.1 Å². The number of piperidine rings is 1. The molecule has 1 unspecified atom stereocenters. The lowest BCUT2D eigenvalue weighted by molar-refractivity contribution is -0.126. The van der Waals surface area contributed by atoms with Gasteiger partial charge in [-0.3, -0.25) is 9.69 Å². The second-order valence-electron chi connectivity index (χ2n) is 3.58. The summed E-state index contributed by atoms with van der Waals surface area (Å²) in [6.45, 7) is 3.40. The van der Waals surface area contributed by atoms with Crippen LogP contribution in [0.3, 0.4) is 0 Å². The van der Waals surface area contributed by atoms with Crippen molar-refractivity contribution in [2.75, 3.05) is 20.1 Å². The molecule has 1 saturated heterocycles. The van der Waals surface area contributed by atoms with Crippen LogP contribution < -0.4 is 5.32 Å². The van der Waals surface area contributed by atoms with Gasteiger partial charge in [-0.2, -0.15) is 0 Å². The number of likely N-dealkylation sites (tertiary alicyclic amines) is 1. The van der Waals surface area contributed by atoms with Crippen molar-refractivity contribution in [1.29, 1.82) is 0 Å². The Hall–Kier alpha value is -0.610. The number of likely N-dealkylation sites (N-methyl/N-ethyl adjacent to an activating group) is 1. The molecule has 1 amide bonds. The Labute approximate surface area is 78.9 Å². The largest absolute Gasteiger partial charge is 0.392 e. The van der Waals surface area contributed by atoms with Gasteiger partial charge in [0.15, 0.2) is 0 Å². The molecule has 1 fully saturated rings. The van der Waals surface area contributed by atoms with Crippen LogP contribution in [0.25, 0.3) is 0 Å². The van der Waals surface area contributed by atoms with Crippen LogP contribution in [0.1, 0.15) is 19.8 Å². The summed E-state index contributed by atoms with van der Waals surface area (Å²) in [4.78, 5) is 13.3. The van der Waals surface area contributed by atoms with Gasteiger partial charge in [0.05, 0.1) is 12.1 Å². The number of hydrogen-bond acceptors (Lipinski definition) is 3. The van der Waals surface area contributed by atoms with E-state index in [9.17, 15) is 9.90 Å². The molecule has 0 aliphatic carbocycles. The first-order valence-electron chi connectivity index (χ1n) is 4.79. The molecule has 76 valence electrons. The summed E-state index contributed by atoms with van der Waals surface area (Å²) in [6.07, 6.45) is 1.57. The van der Waals surface area contributed by atoms with Crippen molar-refractivity contribution in [3.05, 3.63) is 0 Å². The van der Waals surface area contributed by atoms with Crippen molar-refractivity contribution < 1.29 is 9.90 Å². The van der Waals surface area contributed by atoms with Crippen molar-refractivity contribution in [1.82, 2.24) is 10.2 Å². The van der Waals surface area contributed by atoms with Crippen LogP contribution in [0, 0.1) is 0 Å². The van der Waals surface area contributed by atoms with Gasteiger partial charge in [0.2, 0.25) is 5.91 Å². The van der Waals surface area contributed by atoms with E-state index in [1.807, 2.05) is 11.8 Å². The monoisotopic (exact) mass is 186 g/mol. The maximum atomic E-state index is 11.3. The van der Waals surface area contributed by atoms with E-state index in [2.05, 4.69) is 5.32 Å². The van der Waals surface area contributed by atoms with Crippen molar-refractivity contribution >= 4 is 5.91 Å². The zero-order valence-electron chi connectivity index (χ0n) is 8.29. The predicted octanol–water partition coefficient (Wildman–Crippen LogP) is -0.422. The maximum Gasteiger partial charge on any atom is 0.236 e. The van der Waals surface area contributed by atoms with E-state index in [4.69, 9.17) is 0 Å². The van der Waals surface area contributed by atoms with Crippen molar-refractivity contribution in [2.45, 2.75) is 31.9 Å². The van der Waals surface area contributed by atoms with E-state index in [0.29, 0.717) is 6.54 Å². The third-order valence-corrected chi connectivity index (χ3v) is 2.60. The highest BCUT2D eigenvalue weighted by Crippen LogP contribution is 2.12. The quantitative estimate of drug-likeness (QED) is 0.615. The second-order valence-corrected chi connectivity index (χ2v) is 3.58. The average Bonchev–Trinajstić information content (AvgIpc) is 2.15. The lowest BCUT2D eigenvalue weighted by Crippen LogP contribution is -2.49. The van der Waals surface area contributed by atoms with Gasteiger partial charge in [-0.05, 0) is 26.3 Å². The molecule has 0 aromatic rings. The Morgan fingerprint density at radius 2 is 2.38 bits per heavy atom. The highest BCUT2D eigenvalue weighted by Gasteiger charge is 2.25. The Bertz CT molecular complexity index is 184. The number of carbonyl (C=O) groups is 1. The summed E-state index contributed by atoms with van der Waals surface area (Å²) in [6, 6.07) is -0.125. The number of rotatable bonds is 2. The third kappa shape index (κ3) is 2.67. The van der Waals surface area contributed by atoms with Crippen molar-refractivity contribution in [3.8, 4) is 0 Å². The molecule has 1 aliphatic heterocycles. The van der Waals surface area contributed by atoms with Crippen molar-refractivity contribution in [3.63, 3.8) is 0 Å². The summed E-state index contributed by atoms with van der Waals surface area (Å²) >= 11 is 0. The third-order valence-electron chi connectivity index (χ3n) is 2.60. The van der Waals surface area contributed by atoms with E-state index in [1.54, 1.807) is 7.05 Å². The molecule has 4 heteroatoms. The minimum atomic E-state index is -0.263. The summed E-state index contributed by atoms with van der Waals surface area (Å²) in [5, 5.41) is 12.0. The summed E-state index contributed by atoms with van der Waals surface area (Å²) in [5.41, 5.74) is 0. The maximum absolute atomic E-state index is 11.3. The summed E-state index contributed by atoms with van der Waals surface area (Å²) in [7, 11) is 1.64. The highest BCUT2D eigenvalue weighted by molar-refractivity contribution is 5.80. The topological polar surface area (TPSA) is 52.6 Å². The summed E-state index contributed by atoms with van der Waals surface area (Å²) < 4.78 is 0. The fourth-order valence-corrected chi connectivity index (χ4v) is 1.71. The second kappa shape index (κ2) is 4.58. The Kier molecular flexibility index (Phi) is 3.69. The first kappa shape index (κ1) is 10.5. The normalized spacial score (nSPS) is 26.8. The molecule has 2 atom stereocenters. The van der Waals surface area contributed by atoms with E-state index < -0.39 is 0 Å². The first-order valence-corrected chi connectivity index (χ1v) is 4.79. The van der Waals surface area contributed by atoms with Gasteiger partial charge in [0.1, 0.15) is 0 Å². The minimum absolute atomic E-state index is 0.0223. The number of β-amino-alcohol motifs (C(OH)–C–C–N with tert-alkyl or cyclic N) is 1. The Morgan fingerprint density at radius 3 is 2.92 bits per heavy atom. The molecule has 0 bridgehead atoms. The molecular formula is C9H18N2O2. The molecule has 0 spiro atoms. The molecule has 0 saturated carbocycles. The Morgan fingerprint density at radius 1 is 1.69 bits per heavy atom. The number of nitrogens with zero attached hydrogens (tertiary/aromatic N) is 1. The van der Waals surface area contributed by atoms with E-state index in [0.717, 1.165) is 19.4 Å². The fourth-order valence-electron chi connectivity index (χ4n) is 1.71. The molecular weight excluding hydrogens is 168 g/mol. The van der Waals surface area contributed by atoms with Gasteiger partial charge in [-0.1, -0.05) is 0 Å². The van der Waals surface area contributed by atoms with E-state index in [1.165, 1.54) is 0 Å². The number of amides is 1. The smallest absolute Gasteiger partial charge is 0.236 e. The van der Waals surface area contributed by atoms with Crippen molar-refractivity contribution in [2.24, 2.45) is 0 Å². The lowest BCUT2D eigenvalue weighted by atomic mass is 10.1. The number of carbonyl (C=O) groups excluding carboxylic acids is 1. The average molecular weight is 186 g/mol. The standard InChI is InChI=1S/C9H18N2O2/c1-7(9(13)10-2)11-5-3-4-8(12)6-11/h7-8,12H,3-6H2,1-2H3,(H,10,13)/t7?,8-/m0/s1.